The van der Waals surface area contributed by atoms with Gasteiger partial charge >= 0.3 is 0 Å². The van der Waals surface area contributed by atoms with Gasteiger partial charge in [-0.05, 0) is 47.6 Å². The van der Waals surface area contributed by atoms with Crippen molar-refractivity contribution in [2.75, 3.05) is 0 Å². The molecule has 0 bridgehead atoms. The predicted molar refractivity (Wildman–Crippen MR) is 83.3 cm³/mol. The SMILES string of the molecule is CCCCCCCCCCc1ncccc1I. The highest BCUT2D eigenvalue weighted by Gasteiger charge is 1.99. The zero-order valence-corrected chi connectivity index (χ0v) is 13.1. The Bertz CT molecular complexity index is 299. The topological polar surface area (TPSA) is 12.9 Å². The van der Waals surface area contributed by atoms with Crippen molar-refractivity contribution >= 4 is 22.6 Å². The third-order valence-electron chi connectivity index (χ3n) is 3.10. The first kappa shape index (κ1) is 14.9. The number of unbranched alkanes of at least 4 members (excludes halogenated alkanes) is 7. The van der Waals surface area contributed by atoms with E-state index in [1.54, 1.807) is 0 Å². The normalized spacial score (nSPS) is 10.7. The first-order valence-corrected chi connectivity index (χ1v) is 8.02. The number of aromatic nitrogens is 1. The molecule has 1 heterocycles. The molecule has 2 heteroatoms. The van der Waals surface area contributed by atoms with Crippen LogP contribution in [0.1, 0.15) is 64.0 Å². The number of nitrogens with zero attached hydrogens (tertiary/aromatic N) is 1. The molecule has 0 radical (unpaired) electrons. The van der Waals surface area contributed by atoms with E-state index in [9.17, 15) is 0 Å². The van der Waals surface area contributed by atoms with Gasteiger partial charge in [-0.15, -0.1) is 0 Å². The number of aryl methyl sites for hydroxylation is 1. The fourth-order valence-electron chi connectivity index (χ4n) is 2.03. The molecule has 17 heavy (non-hydrogen) atoms. The summed E-state index contributed by atoms with van der Waals surface area (Å²) in [6, 6.07) is 4.16. The lowest BCUT2D eigenvalue weighted by Gasteiger charge is -2.03. The average molecular weight is 345 g/mol. The van der Waals surface area contributed by atoms with Crippen LogP contribution in [0.4, 0.5) is 0 Å². The smallest absolute Gasteiger partial charge is 0.0536 e. The Kier molecular flexibility index (Phi) is 8.67. The van der Waals surface area contributed by atoms with Crippen LogP contribution in [-0.4, -0.2) is 4.98 Å². The van der Waals surface area contributed by atoms with Crippen molar-refractivity contribution in [1.82, 2.24) is 4.98 Å². The Balaban J connectivity index is 1.99. The summed E-state index contributed by atoms with van der Waals surface area (Å²) >= 11 is 2.38. The van der Waals surface area contributed by atoms with Crippen molar-refractivity contribution in [1.29, 1.82) is 0 Å². The molecule has 1 aromatic heterocycles. The molecule has 0 unspecified atom stereocenters. The Morgan fingerprint density at radius 1 is 1.00 bits per heavy atom. The standard InChI is InChI=1S/C15H24IN/c1-2-3-4-5-6-7-8-9-12-15-14(16)11-10-13-17-15/h10-11,13H,2-9,12H2,1H3. The maximum absolute atomic E-state index is 4.43. The highest BCUT2D eigenvalue weighted by Crippen LogP contribution is 2.13. The van der Waals surface area contributed by atoms with Gasteiger partial charge in [0.15, 0.2) is 0 Å². The van der Waals surface area contributed by atoms with Crippen LogP contribution in [0.25, 0.3) is 0 Å². The van der Waals surface area contributed by atoms with Gasteiger partial charge in [0, 0.05) is 9.77 Å². The van der Waals surface area contributed by atoms with Crippen LogP contribution < -0.4 is 0 Å². The second-order valence-corrected chi connectivity index (χ2v) is 5.82. The van der Waals surface area contributed by atoms with Gasteiger partial charge in [0.25, 0.3) is 0 Å². The van der Waals surface area contributed by atoms with Crippen LogP contribution in [0.15, 0.2) is 18.3 Å². The van der Waals surface area contributed by atoms with Gasteiger partial charge in [-0.2, -0.15) is 0 Å². The summed E-state index contributed by atoms with van der Waals surface area (Å²) in [6.07, 6.45) is 14.1. The lowest BCUT2D eigenvalue weighted by atomic mass is 10.1. The van der Waals surface area contributed by atoms with E-state index in [4.69, 9.17) is 0 Å². The Morgan fingerprint density at radius 2 is 1.65 bits per heavy atom. The van der Waals surface area contributed by atoms with Crippen molar-refractivity contribution in [2.24, 2.45) is 0 Å². The van der Waals surface area contributed by atoms with Crippen molar-refractivity contribution in [3.63, 3.8) is 0 Å². The van der Waals surface area contributed by atoms with Crippen molar-refractivity contribution in [2.45, 2.75) is 64.7 Å². The Hall–Kier alpha value is -0.120. The molecular formula is C15H24IN. The first-order valence-electron chi connectivity index (χ1n) is 6.94. The maximum Gasteiger partial charge on any atom is 0.0536 e. The molecule has 0 saturated carbocycles. The summed E-state index contributed by atoms with van der Waals surface area (Å²) in [7, 11) is 0. The van der Waals surface area contributed by atoms with Crippen LogP contribution in [0.2, 0.25) is 0 Å². The minimum Gasteiger partial charge on any atom is -0.260 e. The lowest BCUT2D eigenvalue weighted by molar-refractivity contribution is 0.573. The van der Waals surface area contributed by atoms with E-state index in [-0.39, 0.29) is 0 Å². The molecule has 1 nitrogen and oxygen atoms in total. The molecule has 1 aromatic rings. The molecule has 96 valence electrons. The summed E-state index contributed by atoms with van der Waals surface area (Å²) in [6.45, 7) is 2.27. The Morgan fingerprint density at radius 3 is 2.29 bits per heavy atom. The Labute approximate surface area is 120 Å². The number of hydrogen-bond acceptors (Lipinski definition) is 1. The van der Waals surface area contributed by atoms with E-state index in [0.717, 1.165) is 6.42 Å². The second kappa shape index (κ2) is 9.86. The fraction of sp³-hybridized carbons (Fsp3) is 0.667. The van der Waals surface area contributed by atoms with E-state index >= 15 is 0 Å². The van der Waals surface area contributed by atoms with Crippen molar-refractivity contribution < 1.29 is 0 Å². The van der Waals surface area contributed by atoms with Crippen LogP contribution in [0.5, 0.6) is 0 Å². The van der Waals surface area contributed by atoms with Crippen LogP contribution in [0, 0.1) is 3.57 Å². The van der Waals surface area contributed by atoms with E-state index in [0.29, 0.717) is 0 Å². The third kappa shape index (κ3) is 7.02. The zero-order chi connectivity index (χ0) is 12.3. The molecule has 0 atom stereocenters. The van der Waals surface area contributed by atoms with Gasteiger partial charge in [0.1, 0.15) is 0 Å². The lowest BCUT2D eigenvalue weighted by Crippen LogP contribution is -1.93. The number of rotatable bonds is 9. The van der Waals surface area contributed by atoms with Gasteiger partial charge in [0.05, 0.1) is 5.69 Å². The molecule has 0 aliphatic carbocycles. The molecule has 0 aliphatic rings. The van der Waals surface area contributed by atoms with Crippen LogP contribution >= 0.6 is 22.6 Å². The molecule has 0 aromatic carbocycles. The van der Waals surface area contributed by atoms with Gasteiger partial charge in [-0.25, -0.2) is 0 Å². The third-order valence-corrected chi connectivity index (χ3v) is 4.08. The first-order chi connectivity index (χ1) is 8.34. The summed E-state index contributed by atoms with van der Waals surface area (Å²) in [4.78, 5) is 4.43. The molecule has 0 aliphatic heterocycles. The summed E-state index contributed by atoms with van der Waals surface area (Å²) < 4.78 is 1.31. The molecule has 0 N–H and O–H groups in total. The molecular weight excluding hydrogens is 321 g/mol. The monoisotopic (exact) mass is 345 g/mol. The summed E-state index contributed by atoms with van der Waals surface area (Å²) in [5.41, 5.74) is 1.28. The summed E-state index contributed by atoms with van der Waals surface area (Å²) in [5, 5.41) is 0. The van der Waals surface area contributed by atoms with Crippen molar-refractivity contribution in [3.8, 4) is 0 Å². The zero-order valence-electron chi connectivity index (χ0n) is 10.9. The molecule has 0 saturated heterocycles. The summed E-state index contributed by atoms with van der Waals surface area (Å²) in [5.74, 6) is 0. The van der Waals surface area contributed by atoms with Crippen molar-refractivity contribution in [3.05, 3.63) is 27.6 Å². The van der Waals surface area contributed by atoms with E-state index < -0.39 is 0 Å². The molecule has 1 rings (SSSR count). The minimum atomic E-state index is 1.15. The number of halogens is 1. The predicted octanol–water partition coefficient (Wildman–Crippen LogP) is 5.37. The van der Waals surface area contributed by atoms with Crippen LogP contribution in [-0.2, 0) is 6.42 Å². The molecule has 0 spiro atoms. The molecule has 0 amide bonds. The fourth-order valence-corrected chi connectivity index (χ4v) is 2.65. The van der Waals surface area contributed by atoms with Crippen LogP contribution in [0.3, 0.4) is 0 Å². The average Bonchev–Trinajstić information content (AvgIpc) is 2.35. The molecule has 0 fully saturated rings. The van der Waals surface area contributed by atoms with Gasteiger partial charge in [0.2, 0.25) is 0 Å². The quantitative estimate of drug-likeness (QED) is 0.433. The number of pyridine rings is 1. The second-order valence-electron chi connectivity index (χ2n) is 4.66. The highest BCUT2D eigenvalue weighted by molar-refractivity contribution is 14.1. The van der Waals surface area contributed by atoms with Gasteiger partial charge in [-0.3, -0.25) is 4.98 Å². The van der Waals surface area contributed by atoms with Gasteiger partial charge in [-0.1, -0.05) is 51.9 Å². The van der Waals surface area contributed by atoms with E-state index in [1.807, 2.05) is 12.3 Å². The van der Waals surface area contributed by atoms with Gasteiger partial charge < -0.3 is 0 Å². The van der Waals surface area contributed by atoms with E-state index in [2.05, 4.69) is 40.6 Å². The number of hydrogen-bond donors (Lipinski definition) is 0. The highest BCUT2D eigenvalue weighted by atomic mass is 127. The maximum atomic E-state index is 4.43. The minimum absolute atomic E-state index is 1.15. The van der Waals surface area contributed by atoms with E-state index in [1.165, 1.54) is 60.6 Å². The largest absolute Gasteiger partial charge is 0.260 e.